The molecule has 0 bridgehead atoms. The van der Waals surface area contributed by atoms with E-state index in [1.807, 2.05) is 32.0 Å². The molecule has 0 aliphatic heterocycles. The van der Waals surface area contributed by atoms with Gasteiger partial charge in [-0.05, 0) is 49.7 Å². The minimum Gasteiger partial charge on any atom is -0.497 e. The summed E-state index contributed by atoms with van der Waals surface area (Å²) in [5.41, 5.74) is 2.31. The maximum Gasteiger partial charge on any atom is 0.316 e. The summed E-state index contributed by atoms with van der Waals surface area (Å²) in [7, 11) is 1.58. The van der Waals surface area contributed by atoms with Crippen molar-refractivity contribution in [3.63, 3.8) is 0 Å². The number of hydrogen-bond acceptors (Lipinski definition) is 4. The first-order chi connectivity index (χ1) is 12.0. The molecule has 0 amide bonds. The summed E-state index contributed by atoms with van der Waals surface area (Å²) < 4.78 is 12.1. The number of rotatable bonds is 4. The van der Waals surface area contributed by atoms with Gasteiger partial charge in [-0.1, -0.05) is 29.3 Å². The first kappa shape index (κ1) is 17.0. The van der Waals surface area contributed by atoms with E-state index in [1.165, 1.54) is 10.9 Å². The van der Waals surface area contributed by atoms with Gasteiger partial charge < -0.3 is 9.47 Å². The highest BCUT2D eigenvalue weighted by molar-refractivity contribution is 6.31. The average Bonchev–Trinajstić information content (AvgIpc) is 2.60. The van der Waals surface area contributed by atoms with Crippen molar-refractivity contribution >= 4 is 11.6 Å². The van der Waals surface area contributed by atoms with Crippen molar-refractivity contribution in [3.8, 4) is 22.9 Å². The highest BCUT2D eigenvalue weighted by Crippen LogP contribution is 2.27. The van der Waals surface area contributed by atoms with Gasteiger partial charge in [0.2, 0.25) is 5.75 Å². The highest BCUT2D eigenvalue weighted by Gasteiger charge is 2.15. The van der Waals surface area contributed by atoms with E-state index in [-0.39, 0.29) is 10.8 Å². The van der Waals surface area contributed by atoms with Crippen LogP contribution in [0.5, 0.6) is 17.2 Å². The van der Waals surface area contributed by atoms with Gasteiger partial charge in [0.25, 0.3) is 0 Å². The van der Waals surface area contributed by atoms with E-state index in [0.717, 1.165) is 11.1 Å². The molecule has 0 saturated heterocycles. The van der Waals surface area contributed by atoms with Crippen LogP contribution >= 0.6 is 11.6 Å². The predicted octanol–water partition coefficient (Wildman–Crippen LogP) is 4.30. The third kappa shape index (κ3) is 3.51. The zero-order chi connectivity index (χ0) is 18.0. The van der Waals surface area contributed by atoms with Gasteiger partial charge in [0.05, 0.1) is 19.0 Å². The lowest BCUT2D eigenvalue weighted by atomic mass is 10.1. The molecule has 0 N–H and O–H groups in total. The van der Waals surface area contributed by atoms with E-state index in [2.05, 4.69) is 5.10 Å². The van der Waals surface area contributed by atoms with Crippen LogP contribution in [0, 0.1) is 13.8 Å². The summed E-state index contributed by atoms with van der Waals surface area (Å²) in [6.45, 7) is 3.92. The Hall–Kier alpha value is -2.79. The van der Waals surface area contributed by atoms with E-state index < -0.39 is 5.56 Å². The number of aryl methyl sites for hydroxylation is 2. The monoisotopic (exact) mass is 356 g/mol. The second-order valence-corrected chi connectivity index (χ2v) is 6.01. The molecule has 5 nitrogen and oxygen atoms in total. The molecule has 0 aliphatic carbocycles. The van der Waals surface area contributed by atoms with Crippen LogP contribution in [0.25, 0.3) is 5.69 Å². The van der Waals surface area contributed by atoms with E-state index in [9.17, 15) is 4.79 Å². The zero-order valence-electron chi connectivity index (χ0n) is 14.1. The second kappa shape index (κ2) is 6.99. The maximum absolute atomic E-state index is 12.8. The van der Waals surface area contributed by atoms with Crippen LogP contribution in [0.2, 0.25) is 5.02 Å². The molecule has 25 heavy (non-hydrogen) atoms. The number of methoxy groups -OCH3 is 1. The molecule has 0 fully saturated rings. The van der Waals surface area contributed by atoms with Crippen LogP contribution in [0.1, 0.15) is 11.1 Å². The Morgan fingerprint density at radius 2 is 1.72 bits per heavy atom. The molecule has 0 aliphatic rings. The molecule has 0 spiro atoms. The Bertz CT molecular complexity index is 965. The van der Waals surface area contributed by atoms with Crippen molar-refractivity contribution in [2.24, 2.45) is 0 Å². The highest BCUT2D eigenvalue weighted by atomic mass is 35.5. The lowest BCUT2D eigenvalue weighted by Crippen LogP contribution is -2.23. The van der Waals surface area contributed by atoms with Crippen LogP contribution < -0.4 is 15.0 Å². The summed E-state index contributed by atoms with van der Waals surface area (Å²) in [4.78, 5) is 12.8. The Balaban J connectivity index is 2.04. The minimum atomic E-state index is -0.421. The standard InChI is InChI=1S/C19H17ClN2O3/c1-12-4-9-17(13(2)10-12)22-19(23)18(16(20)11-21-22)25-15-7-5-14(24-3)6-8-15/h4-11H,1-3H3. The fraction of sp³-hybridized carbons (Fsp3) is 0.158. The Morgan fingerprint density at radius 1 is 1.04 bits per heavy atom. The van der Waals surface area contributed by atoms with Crippen LogP contribution in [0.15, 0.2) is 53.5 Å². The van der Waals surface area contributed by atoms with E-state index in [4.69, 9.17) is 21.1 Å². The first-order valence-corrected chi connectivity index (χ1v) is 8.05. The van der Waals surface area contributed by atoms with Crippen LogP contribution in [-0.2, 0) is 0 Å². The molecule has 6 heteroatoms. The predicted molar refractivity (Wildman–Crippen MR) is 97.4 cm³/mol. The van der Waals surface area contributed by atoms with Crippen molar-refractivity contribution in [1.82, 2.24) is 9.78 Å². The summed E-state index contributed by atoms with van der Waals surface area (Å²) >= 11 is 6.14. The third-order valence-electron chi connectivity index (χ3n) is 3.75. The van der Waals surface area contributed by atoms with E-state index in [1.54, 1.807) is 31.4 Å². The largest absolute Gasteiger partial charge is 0.497 e. The fourth-order valence-corrected chi connectivity index (χ4v) is 2.65. The molecule has 0 radical (unpaired) electrons. The molecule has 2 aromatic carbocycles. The van der Waals surface area contributed by atoms with Gasteiger partial charge in [0.1, 0.15) is 16.5 Å². The van der Waals surface area contributed by atoms with E-state index >= 15 is 0 Å². The number of halogens is 1. The molecular formula is C19H17ClN2O3. The summed E-state index contributed by atoms with van der Waals surface area (Å²) in [6.07, 6.45) is 1.40. The molecule has 1 heterocycles. The Labute approximate surface area is 150 Å². The maximum atomic E-state index is 12.8. The van der Waals surface area contributed by atoms with Crippen molar-refractivity contribution in [1.29, 1.82) is 0 Å². The summed E-state index contributed by atoms with van der Waals surface area (Å²) in [6, 6.07) is 12.7. The fourth-order valence-electron chi connectivity index (χ4n) is 2.49. The van der Waals surface area contributed by atoms with Crippen molar-refractivity contribution in [2.45, 2.75) is 13.8 Å². The summed E-state index contributed by atoms with van der Waals surface area (Å²) in [5, 5.41) is 4.29. The van der Waals surface area contributed by atoms with Gasteiger partial charge in [-0.25, -0.2) is 0 Å². The number of nitrogens with zero attached hydrogens (tertiary/aromatic N) is 2. The van der Waals surface area contributed by atoms with Gasteiger partial charge in [0, 0.05) is 0 Å². The van der Waals surface area contributed by atoms with Crippen molar-refractivity contribution in [3.05, 3.63) is 75.2 Å². The zero-order valence-corrected chi connectivity index (χ0v) is 14.9. The lowest BCUT2D eigenvalue weighted by Gasteiger charge is -2.12. The number of benzene rings is 2. The van der Waals surface area contributed by atoms with E-state index in [0.29, 0.717) is 17.2 Å². The molecule has 128 valence electrons. The SMILES string of the molecule is COc1ccc(Oc2c(Cl)cnn(-c3ccc(C)cc3C)c2=O)cc1. The average molecular weight is 357 g/mol. The molecule has 0 atom stereocenters. The molecule has 3 aromatic rings. The van der Waals surface area contributed by atoms with Crippen LogP contribution in [0.3, 0.4) is 0 Å². The van der Waals surface area contributed by atoms with Crippen LogP contribution in [-0.4, -0.2) is 16.9 Å². The van der Waals surface area contributed by atoms with Crippen molar-refractivity contribution < 1.29 is 9.47 Å². The number of hydrogen-bond donors (Lipinski definition) is 0. The normalized spacial score (nSPS) is 10.6. The first-order valence-electron chi connectivity index (χ1n) is 7.67. The topological polar surface area (TPSA) is 53.4 Å². The van der Waals surface area contributed by atoms with Gasteiger partial charge >= 0.3 is 5.56 Å². The third-order valence-corrected chi connectivity index (χ3v) is 4.02. The van der Waals surface area contributed by atoms with Gasteiger partial charge in [0.15, 0.2) is 0 Å². The van der Waals surface area contributed by atoms with Gasteiger partial charge in [-0.15, -0.1) is 0 Å². The number of aromatic nitrogens is 2. The molecule has 0 saturated carbocycles. The number of ether oxygens (including phenoxy) is 2. The smallest absolute Gasteiger partial charge is 0.316 e. The lowest BCUT2D eigenvalue weighted by molar-refractivity contribution is 0.412. The van der Waals surface area contributed by atoms with Gasteiger partial charge in [-0.2, -0.15) is 9.78 Å². The van der Waals surface area contributed by atoms with Crippen LogP contribution in [0.4, 0.5) is 0 Å². The molecule has 1 aromatic heterocycles. The van der Waals surface area contributed by atoms with Gasteiger partial charge in [-0.3, -0.25) is 4.79 Å². The quantitative estimate of drug-likeness (QED) is 0.699. The minimum absolute atomic E-state index is 0.0295. The molecule has 0 unspecified atom stereocenters. The second-order valence-electron chi connectivity index (χ2n) is 5.61. The summed E-state index contributed by atoms with van der Waals surface area (Å²) in [5.74, 6) is 1.21. The van der Waals surface area contributed by atoms with Crippen molar-refractivity contribution in [2.75, 3.05) is 7.11 Å². The molecular weight excluding hydrogens is 340 g/mol. The Morgan fingerprint density at radius 3 is 2.36 bits per heavy atom. The molecule has 3 rings (SSSR count). The Kier molecular flexibility index (Phi) is 4.76.